The monoisotopic (exact) mass is 458 g/mol. The number of ether oxygens (including phenoxy) is 2. The lowest BCUT2D eigenvalue weighted by Crippen LogP contribution is -2.24. The zero-order chi connectivity index (χ0) is 24.2. The highest BCUT2D eigenvalue weighted by molar-refractivity contribution is 6.01. The maximum atomic E-state index is 12.9. The lowest BCUT2D eigenvalue weighted by molar-refractivity contribution is -0.118. The lowest BCUT2D eigenvalue weighted by Gasteiger charge is -2.15. The maximum absolute atomic E-state index is 12.9. The summed E-state index contributed by atoms with van der Waals surface area (Å²) in [6, 6.07) is 15.3. The molecule has 0 fully saturated rings. The Labute approximate surface area is 197 Å². The van der Waals surface area contributed by atoms with Crippen LogP contribution in [0.15, 0.2) is 54.7 Å². The minimum absolute atomic E-state index is 0.132. The highest BCUT2D eigenvalue weighted by atomic mass is 16.5. The van der Waals surface area contributed by atoms with Gasteiger partial charge in [0.25, 0.3) is 5.91 Å². The molecule has 0 saturated carbocycles. The molecule has 8 nitrogen and oxygen atoms in total. The quantitative estimate of drug-likeness (QED) is 0.409. The Morgan fingerprint density at radius 2 is 1.76 bits per heavy atom. The molecule has 0 aliphatic heterocycles. The van der Waals surface area contributed by atoms with Gasteiger partial charge in [0, 0.05) is 5.39 Å². The van der Waals surface area contributed by atoms with Gasteiger partial charge in [-0.25, -0.2) is 9.78 Å². The molecule has 2 aromatic carbocycles. The molecule has 4 rings (SSSR count). The minimum atomic E-state index is -0.587. The number of carbonyl (C=O) groups excluding carboxylic acids is 2. The van der Waals surface area contributed by atoms with Crippen LogP contribution in [0.2, 0.25) is 0 Å². The molecule has 2 heterocycles. The van der Waals surface area contributed by atoms with E-state index >= 15 is 0 Å². The van der Waals surface area contributed by atoms with Crippen molar-refractivity contribution in [3.8, 4) is 11.6 Å². The fraction of sp³-hybridized carbons (Fsp3) is 0.231. The van der Waals surface area contributed by atoms with E-state index in [1.165, 1.54) is 10.9 Å². The third kappa shape index (κ3) is 4.61. The molecular formula is C26H26N4O4. The van der Waals surface area contributed by atoms with Gasteiger partial charge in [-0.2, -0.15) is 9.78 Å². The average Bonchev–Trinajstić information content (AvgIpc) is 3.25. The third-order valence-corrected chi connectivity index (χ3v) is 5.54. The number of amides is 1. The van der Waals surface area contributed by atoms with E-state index in [9.17, 15) is 9.59 Å². The molecule has 0 spiro atoms. The SMILES string of the molecule is CCOC(=O)c1cnn(-c2ccc3ccccc3n2)c1NC(=O)COc1c(C)ccc(C)c1C. The van der Waals surface area contributed by atoms with Crippen LogP contribution in [0.5, 0.6) is 5.75 Å². The zero-order valence-corrected chi connectivity index (χ0v) is 19.6. The number of nitrogens with zero attached hydrogens (tertiary/aromatic N) is 3. The second-order valence-electron chi connectivity index (χ2n) is 7.89. The number of esters is 1. The summed E-state index contributed by atoms with van der Waals surface area (Å²) in [4.78, 5) is 30.0. The number of para-hydroxylation sites is 1. The molecule has 8 heteroatoms. The highest BCUT2D eigenvalue weighted by Crippen LogP contribution is 2.26. The number of pyridine rings is 1. The standard InChI is InChI=1S/C26H26N4O4/c1-5-33-26(32)20-14-27-30(22-13-12-19-8-6-7-9-21(19)28-22)25(20)29-23(31)15-34-24-17(3)11-10-16(2)18(24)4/h6-14H,5,15H2,1-4H3,(H,29,31). The van der Waals surface area contributed by atoms with Crippen LogP contribution in [-0.4, -0.2) is 39.9 Å². The summed E-state index contributed by atoms with van der Waals surface area (Å²) in [6.07, 6.45) is 1.36. The topological polar surface area (TPSA) is 95.3 Å². The number of aromatic nitrogens is 3. The van der Waals surface area contributed by atoms with E-state index in [0.29, 0.717) is 11.6 Å². The number of rotatable bonds is 7. The molecule has 0 atom stereocenters. The van der Waals surface area contributed by atoms with E-state index in [2.05, 4.69) is 15.4 Å². The van der Waals surface area contributed by atoms with Gasteiger partial charge in [0.05, 0.1) is 18.3 Å². The fourth-order valence-electron chi connectivity index (χ4n) is 3.63. The Kier molecular flexibility index (Phi) is 6.58. The van der Waals surface area contributed by atoms with Gasteiger partial charge in [-0.3, -0.25) is 4.79 Å². The summed E-state index contributed by atoms with van der Waals surface area (Å²) in [5, 5.41) is 8.03. The summed E-state index contributed by atoms with van der Waals surface area (Å²) in [5.74, 6) is 0.276. The molecular weight excluding hydrogens is 432 g/mol. The first-order chi connectivity index (χ1) is 16.4. The molecule has 2 aromatic heterocycles. The summed E-state index contributed by atoms with van der Waals surface area (Å²) in [7, 11) is 0. The van der Waals surface area contributed by atoms with Gasteiger partial charge in [0.15, 0.2) is 18.2 Å². The van der Waals surface area contributed by atoms with Crippen molar-refractivity contribution in [3.63, 3.8) is 0 Å². The number of carbonyl (C=O) groups is 2. The number of hydrogen-bond donors (Lipinski definition) is 1. The van der Waals surface area contributed by atoms with E-state index in [-0.39, 0.29) is 24.6 Å². The summed E-state index contributed by atoms with van der Waals surface area (Å²) in [5.41, 5.74) is 3.89. The molecule has 174 valence electrons. The highest BCUT2D eigenvalue weighted by Gasteiger charge is 2.22. The second kappa shape index (κ2) is 9.74. The van der Waals surface area contributed by atoms with Crippen molar-refractivity contribution in [1.82, 2.24) is 14.8 Å². The van der Waals surface area contributed by atoms with Crippen molar-refractivity contribution in [2.75, 3.05) is 18.5 Å². The van der Waals surface area contributed by atoms with Gasteiger partial charge in [-0.05, 0) is 62.6 Å². The van der Waals surface area contributed by atoms with E-state index in [0.717, 1.165) is 27.6 Å². The van der Waals surface area contributed by atoms with Gasteiger partial charge < -0.3 is 14.8 Å². The third-order valence-electron chi connectivity index (χ3n) is 5.54. The first-order valence-corrected chi connectivity index (χ1v) is 11.0. The normalized spacial score (nSPS) is 10.8. The summed E-state index contributed by atoms with van der Waals surface area (Å²) >= 11 is 0. The van der Waals surface area contributed by atoms with Crippen LogP contribution in [0.4, 0.5) is 5.82 Å². The maximum Gasteiger partial charge on any atom is 0.343 e. The van der Waals surface area contributed by atoms with Crippen molar-refractivity contribution >= 4 is 28.6 Å². The first kappa shape index (κ1) is 23.0. The number of nitrogens with one attached hydrogen (secondary N) is 1. The number of anilines is 1. The number of fused-ring (bicyclic) bond motifs is 1. The average molecular weight is 459 g/mol. The Bertz CT molecular complexity index is 1380. The fourth-order valence-corrected chi connectivity index (χ4v) is 3.63. The number of benzene rings is 2. The van der Waals surface area contributed by atoms with Crippen molar-refractivity contribution in [3.05, 3.63) is 77.0 Å². The molecule has 0 bridgehead atoms. The molecule has 4 aromatic rings. The Morgan fingerprint density at radius 3 is 2.56 bits per heavy atom. The molecule has 0 saturated heterocycles. The Hall–Kier alpha value is -4.20. The predicted molar refractivity (Wildman–Crippen MR) is 130 cm³/mol. The van der Waals surface area contributed by atoms with Gasteiger partial charge >= 0.3 is 5.97 Å². The van der Waals surface area contributed by atoms with Crippen molar-refractivity contribution in [2.45, 2.75) is 27.7 Å². The van der Waals surface area contributed by atoms with Crippen LogP contribution >= 0.6 is 0 Å². The van der Waals surface area contributed by atoms with Crippen LogP contribution in [0, 0.1) is 20.8 Å². The predicted octanol–water partition coefficient (Wildman–Crippen LogP) is 4.54. The zero-order valence-electron chi connectivity index (χ0n) is 19.6. The summed E-state index contributed by atoms with van der Waals surface area (Å²) in [6.45, 7) is 7.55. The Balaban J connectivity index is 1.64. The molecule has 34 heavy (non-hydrogen) atoms. The van der Waals surface area contributed by atoms with E-state index < -0.39 is 11.9 Å². The summed E-state index contributed by atoms with van der Waals surface area (Å²) < 4.78 is 12.4. The number of aryl methyl sites for hydroxylation is 2. The van der Waals surface area contributed by atoms with Gasteiger partial charge in [-0.1, -0.05) is 30.3 Å². The van der Waals surface area contributed by atoms with Crippen LogP contribution in [0.3, 0.4) is 0 Å². The van der Waals surface area contributed by atoms with Crippen LogP contribution in [0.1, 0.15) is 34.0 Å². The minimum Gasteiger partial charge on any atom is -0.483 e. The van der Waals surface area contributed by atoms with Crippen LogP contribution in [-0.2, 0) is 9.53 Å². The van der Waals surface area contributed by atoms with Crippen molar-refractivity contribution < 1.29 is 19.1 Å². The van der Waals surface area contributed by atoms with E-state index in [4.69, 9.17) is 9.47 Å². The Morgan fingerprint density at radius 1 is 1.00 bits per heavy atom. The molecule has 0 unspecified atom stereocenters. The van der Waals surface area contributed by atoms with Gasteiger partial charge in [0.1, 0.15) is 11.3 Å². The molecule has 0 aliphatic carbocycles. The van der Waals surface area contributed by atoms with Crippen molar-refractivity contribution in [2.24, 2.45) is 0 Å². The van der Waals surface area contributed by atoms with Crippen molar-refractivity contribution in [1.29, 1.82) is 0 Å². The largest absolute Gasteiger partial charge is 0.483 e. The molecule has 0 radical (unpaired) electrons. The smallest absolute Gasteiger partial charge is 0.343 e. The van der Waals surface area contributed by atoms with Gasteiger partial charge in [-0.15, -0.1) is 0 Å². The second-order valence-corrected chi connectivity index (χ2v) is 7.89. The molecule has 0 aliphatic rings. The van der Waals surface area contributed by atoms with E-state index in [1.54, 1.807) is 13.0 Å². The molecule has 1 amide bonds. The van der Waals surface area contributed by atoms with Crippen LogP contribution in [0.25, 0.3) is 16.7 Å². The molecule has 1 N–H and O–H groups in total. The first-order valence-electron chi connectivity index (χ1n) is 11.0. The lowest BCUT2D eigenvalue weighted by atomic mass is 10.1. The number of hydrogen-bond acceptors (Lipinski definition) is 6. The van der Waals surface area contributed by atoms with Crippen LogP contribution < -0.4 is 10.1 Å². The van der Waals surface area contributed by atoms with E-state index in [1.807, 2.05) is 63.2 Å². The van der Waals surface area contributed by atoms with Gasteiger partial charge in [0.2, 0.25) is 0 Å².